The van der Waals surface area contributed by atoms with Crippen molar-refractivity contribution in [3.05, 3.63) is 47.8 Å². The molecule has 4 rings (SSSR count). The molecule has 2 aromatic rings. The molecule has 24 heavy (non-hydrogen) atoms. The summed E-state index contributed by atoms with van der Waals surface area (Å²) in [6, 6.07) is 12.1. The van der Waals surface area contributed by atoms with Crippen molar-refractivity contribution in [3.8, 4) is 5.69 Å². The van der Waals surface area contributed by atoms with Gasteiger partial charge in [0, 0.05) is 35.9 Å². The number of amides is 1. The predicted molar refractivity (Wildman–Crippen MR) is 94.8 cm³/mol. The zero-order chi connectivity index (χ0) is 16.5. The molecule has 2 saturated heterocycles. The second-order valence-corrected chi connectivity index (χ2v) is 7.60. The number of nitrogens with zero attached hydrogens (tertiary/aromatic N) is 3. The Morgan fingerprint density at radius 1 is 1.33 bits per heavy atom. The van der Waals surface area contributed by atoms with Crippen LogP contribution in [0.1, 0.15) is 22.6 Å². The van der Waals surface area contributed by atoms with E-state index in [0.717, 1.165) is 43.3 Å². The van der Waals surface area contributed by atoms with E-state index in [1.54, 1.807) is 0 Å². The molecule has 1 amide bonds. The van der Waals surface area contributed by atoms with Gasteiger partial charge in [0.25, 0.3) is 5.91 Å². The van der Waals surface area contributed by atoms with E-state index in [-0.39, 0.29) is 11.9 Å². The first kappa shape index (κ1) is 15.7. The summed E-state index contributed by atoms with van der Waals surface area (Å²) in [6.07, 6.45) is 0.918. The van der Waals surface area contributed by atoms with E-state index in [4.69, 9.17) is 4.74 Å². The zero-order valence-electron chi connectivity index (χ0n) is 13.7. The molecular formula is C18H21N3O2S. The molecule has 0 aliphatic carbocycles. The molecule has 1 aromatic heterocycles. The molecule has 0 radical (unpaired) electrons. The highest BCUT2D eigenvalue weighted by Gasteiger charge is 2.37. The maximum Gasteiger partial charge on any atom is 0.274 e. The van der Waals surface area contributed by atoms with Crippen LogP contribution in [0.4, 0.5) is 0 Å². The first-order valence-electron chi connectivity index (χ1n) is 8.36. The Labute approximate surface area is 146 Å². The van der Waals surface area contributed by atoms with Crippen LogP contribution in [0, 0.1) is 6.92 Å². The highest BCUT2D eigenvalue weighted by atomic mass is 32.2. The van der Waals surface area contributed by atoms with Crippen molar-refractivity contribution in [1.29, 1.82) is 0 Å². The fourth-order valence-electron chi connectivity index (χ4n) is 3.49. The number of ether oxygens (including phenoxy) is 1. The van der Waals surface area contributed by atoms with Crippen molar-refractivity contribution in [2.75, 3.05) is 25.5 Å². The molecule has 2 fully saturated rings. The van der Waals surface area contributed by atoms with Gasteiger partial charge in [0.1, 0.15) is 0 Å². The molecule has 0 N–H and O–H groups in total. The smallest absolute Gasteiger partial charge is 0.274 e. The van der Waals surface area contributed by atoms with Crippen molar-refractivity contribution >= 4 is 17.7 Å². The predicted octanol–water partition coefficient (Wildman–Crippen LogP) is 2.53. The maximum atomic E-state index is 13.1. The Morgan fingerprint density at radius 3 is 3.00 bits per heavy atom. The Morgan fingerprint density at radius 2 is 2.17 bits per heavy atom. The summed E-state index contributed by atoms with van der Waals surface area (Å²) >= 11 is 1.92. The van der Waals surface area contributed by atoms with Crippen LogP contribution in [-0.2, 0) is 4.74 Å². The molecule has 2 aliphatic heterocycles. The third-order valence-electron chi connectivity index (χ3n) is 4.70. The van der Waals surface area contributed by atoms with Crippen LogP contribution in [0.2, 0.25) is 0 Å². The monoisotopic (exact) mass is 343 g/mol. The van der Waals surface area contributed by atoms with E-state index in [1.165, 1.54) is 0 Å². The maximum absolute atomic E-state index is 13.1. The minimum absolute atomic E-state index is 0.0463. The summed E-state index contributed by atoms with van der Waals surface area (Å²) in [6.45, 7) is 4.27. The molecule has 2 atom stereocenters. The van der Waals surface area contributed by atoms with Crippen LogP contribution < -0.4 is 0 Å². The fraction of sp³-hybridized carbons (Fsp3) is 0.444. The molecule has 2 aliphatic rings. The first-order chi connectivity index (χ1) is 11.7. The number of thioether (sulfide) groups is 1. The van der Waals surface area contributed by atoms with Crippen LogP contribution in [0.3, 0.4) is 0 Å². The van der Waals surface area contributed by atoms with Crippen LogP contribution in [-0.4, -0.2) is 57.4 Å². The van der Waals surface area contributed by atoms with E-state index in [1.807, 2.05) is 64.7 Å². The zero-order valence-corrected chi connectivity index (χ0v) is 14.5. The van der Waals surface area contributed by atoms with Gasteiger partial charge in [-0.15, -0.1) is 0 Å². The summed E-state index contributed by atoms with van der Waals surface area (Å²) in [4.78, 5) is 15.1. The molecule has 126 valence electrons. The van der Waals surface area contributed by atoms with Gasteiger partial charge in [-0.2, -0.15) is 16.9 Å². The Balaban J connectivity index is 1.60. The standard InChI is InChI=1S/C18H21N3O2S/c1-13-11-15(19-21(13)14-5-3-2-4-6-14)18(22)20-8-10-24-17-12-23-9-7-16(17)20/h2-6,11,16-17H,7-10,12H2,1H3/t16-,17-/m0/s1. The Kier molecular flexibility index (Phi) is 4.33. The number of aromatic nitrogens is 2. The average molecular weight is 343 g/mol. The van der Waals surface area contributed by atoms with Crippen molar-refractivity contribution in [2.45, 2.75) is 24.6 Å². The second-order valence-electron chi connectivity index (χ2n) is 6.26. The lowest BCUT2D eigenvalue weighted by molar-refractivity contribution is 0.0315. The van der Waals surface area contributed by atoms with E-state index in [0.29, 0.717) is 10.9 Å². The van der Waals surface area contributed by atoms with Crippen LogP contribution >= 0.6 is 11.8 Å². The molecule has 0 unspecified atom stereocenters. The average Bonchev–Trinajstić information content (AvgIpc) is 3.03. The molecule has 0 bridgehead atoms. The highest BCUT2D eigenvalue weighted by molar-refractivity contribution is 8.00. The SMILES string of the molecule is Cc1cc(C(=O)N2CCS[C@H]3COCC[C@@H]32)nn1-c1ccccc1. The van der Waals surface area contributed by atoms with Crippen LogP contribution in [0.15, 0.2) is 36.4 Å². The summed E-state index contributed by atoms with van der Waals surface area (Å²) in [5.74, 6) is 1.01. The second kappa shape index (κ2) is 6.61. The highest BCUT2D eigenvalue weighted by Crippen LogP contribution is 2.31. The first-order valence-corrected chi connectivity index (χ1v) is 9.41. The van der Waals surface area contributed by atoms with Crippen molar-refractivity contribution in [2.24, 2.45) is 0 Å². The van der Waals surface area contributed by atoms with Crippen molar-refractivity contribution in [1.82, 2.24) is 14.7 Å². The van der Waals surface area contributed by atoms with Crippen molar-refractivity contribution in [3.63, 3.8) is 0 Å². The minimum atomic E-state index is 0.0463. The molecule has 0 spiro atoms. The van der Waals surface area contributed by atoms with Gasteiger partial charge in [0.2, 0.25) is 0 Å². The van der Waals surface area contributed by atoms with Gasteiger partial charge in [-0.3, -0.25) is 4.79 Å². The fourth-order valence-corrected chi connectivity index (χ4v) is 4.80. The molecule has 6 heteroatoms. The van der Waals surface area contributed by atoms with Crippen LogP contribution in [0.5, 0.6) is 0 Å². The number of benzene rings is 1. The summed E-state index contributed by atoms with van der Waals surface area (Å²) in [7, 11) is 0. The number of carbonyl (C=O) groups is 1. The van der Waals surface area contributed by atoms with Crippen LogP contribution in [0.25, 0.3) is 5.69 Å². The van der Waals surface area contributed by atoms with Gasteiger partial charge < -0.3 is 9.64 Å². The van der Waals surface area contributed by atoms with Gasteiger partial charge in [0.05, 0.1) is 12.3 Å². The molecule has 3 heterocycles. The largest absolute Gasteiger partial charge is 0.380 e. The minimum Gasteiger partial charge on any atom is -0.380 e. The van der Waals surface area contributed by atoms with Gasteiger partial charge in [-0.05, 0) is 31.5 Å². The van der Waals surface area contributed by atoms with E-state index < -0.39 is 0 Å². The summed E-state index contributed by atoms with van der Waals surface area (Å²) < 4.78 is 7.42. The van der Waals surface area contributed by atoms with E-state index in [2.05, 4.69) is 5.10 Å². The number of rotatable bonds is 2. The normalized spacial score (nSPS) is 23.8. The molecule has 1 aromatic carbocycles. The lowest BCUT2D eigenvalue weighted by Crippen LogP contribution is -2.54. The Hall–Kier alpha value is -1.79. The van der Waals surface area contributed by atoms with Gasteiger partial charge >= 0.3 is 0 Å². The number of aryl methyl sites for hydroxylation is 1. The molecule has 5 nitrogen and oxygen atoms in total. The number of hydrogen-bond acceptors (Lipinski definition) is 4. The number of carbonyl (C=O) groups excluding carboxylic acids is 1. The number of para-hydroxylation sites is 1. The van der Waals surface area contributed by atoms with Gasteiger partial charge in [0.15, 0.2) is 5.69 Å². The third-order valence-corrected chi connectivity index (χ3v) is 6.00. The Bertz CT molecular complexity index is 729. The topological polar surface area (TPSA) is 47.4 Å². The van der Waals surface area contributed by atoms with Crippen molar-refractivity contribution < 1.29 is 9.53 Å². The lowest BCUT2D eigenvalue weighted by Gasteiger charge is -2.43. The lowest BCUT2D eigenvalue weighted by atomic mass is 10.1. The summed E-state index contributed by atoms with van der Waals surface area (Å²) in [5.41, 5.74) is 2.49. The molecule has 0 saturated carbocycles. The van der Waals surface area contributed by atoms with E-state index >= 15 is 0 Å². The molecular weight excluding hydrogens is 322 g/mol. The third kappa shape index (κ3) is 2.84. The van der Waals surface area contributed by atoms with Gasteiger partial charge in [-0.25, -0.2) is 4.68 Å². The van der Waals surface area contributed by atoms with E-state index in [9.17, 15) is 4.79 Å². The summed E-state index contributed by atoms with van der Waals surface area (Å²) in [5, 5.41) is 4.98. The quantitative estimate of drug-likeness (QED) is 0.841. The number of fused-ring (bicyclic) bond motifs is 1. The van der Waals surface area contributed by atoms with Gasteiger partial charge in [-0.1, -0.05) is 18.2 Å². The number of hydrogen-bond donors (Lipinski definition) is 0.